The normalized spacial score (nSPS) is 11.6. The maximum atomic E-state index is 6.15. The zero-order chi connectivity index (χ0) is 18.2. The summed E-state index contributed by atoms with van der Waals surface area (Å²) in [6.45, 7) is 2.28. The number of hydrogen-bond donors (Lipinski definition) is 1. The van der Waals surface area contributed by atoms with Crippen molar-refractivity contribution < 1.29 is 0 Å². The van der Waals surface area contributed by atoms with Crippen LogP contribution >= 0.6 is 11.6 Å². The summed E-state index contributed by atoms with van der Waals surface area (Å²) in [5.41, 5.74) is 3.84. The zero-order valence-corrected chi connectivity index (χ0v) is 16.9. The van der Waals surface area contributed by atoms with Gasteiger partial charge in [-0.3, -0.25) is 0 Å². The van der Waals surface area contributed by atoms with Gasteiger partial charge in [0.05, 0.1) is 0 Å². The first-order valence-electron chi connectivity index (χ1n) is 10.5. The van der Waals surface area contributed by atoms with Crippen molar-refractivity contribution in [2.75, 3.05) is 0 Å². The molecule has 0 aliphatic rings. The highest BCUT2D eigenvalue weighted by Crippen LogP contribution is 2.28. The van der Waals surface area contributed by atoms with E-state index in [2.05, 4.69) is 42.2 Å². The summed E-state index contributed by atoms with van der Waals surface area (Å²) < 4.78 is 0. The molecule has 0 fully saturated rings. The molecule has 0 atom stereocenters. The highest BCUT2D eigenvalue weighted by molar-refractivity contribution is 6.31. The van der Waals surface area contributed by atoms with Gasteiger partial charge in [-0.1, -0.05) is 88.4 Å². The summed E-state index contributed by atoms with van der Waals surface area (Å²) in [6, 6.07) is 12.9. The summed E-state index contributed by atoms with van der Waals surface area (Å²) in [7, 11) is 0. The molecule has 1 heterocycles. The van der Waals surface area contributed by atoms with E-state index in [0.29, 0.717) is 0 Å². The van der Waals surface area contributed by atoms with Crippen LogP contribution in [-0.4, -0.2) is 4.98 Å². The Balaban J connectivity index is 1.41. The molecule has 26 heavy (non-hydrogen) atoms. The maximum absolute atomic E-state index is 6.15. The molecule has 0 saturated carbocycles. The van der Waals surface area contributed by atoms with Gasteiger partial charge in [0.25, 0.3) is 0 Å². The predicted octanol–water partition coefficient (Wildman–Crippen LogP) is 8.44. The van der Waals surface area contributed by atoms with Gasteiger partial charge in [-0.2, -0.15) is 0 Å². The molecule has 1 N–H and O–H groups in total. The van der Waals surface area contributed by atoms with Crippen molar-refractivity contribution in [2.45, 2.75) is 77.6 Å². The second-order valence-electron chi connectivity index (χ2n) is 7.63. The minimum atomic E-state index is 0.799. The van der Waals surface area contributed by atoms with Crippen LogP contribution in [0, 0.1) is 0 Å². The van der Waals surface area contributed by atoms with E-state index in [1.54, 1.807) is 0 Å². The Morgan fingerprint density at radius 1 is 0.692 bits per heavy atom. The highest BCUT2D eigenvalue weighted by Gasteiger charge is 2.05. The lowest BCUT2D eigenvalue weighted by Crippen LogP contribution is -1.87. The largest absolute Gasteiger partial charge is 0.355 e. The molecular weight excluding hydrogens is 338 g/mol. The molecule has 0 aliphatic carbocycles. The van der Waals surface area contributed by atoms with E-state index in [1.165, 1.54) is 98.0 Å². The Bertz CT molecular complexity index is 818. The third-order valence-corrected chi connectivity index (χ3v) is 5.68. The van der Waals surface area contributed by atoms with E-state index in [0.717, 1.165) is 5.02 Å². The van der Waals surface area contributed by atoms with Crippen molar-refractivity contribution in [3.05, 3.63) is 47.0 Å². The van der Waals surface area contributed by atoms with Crippen LogP contribution in [0.3, 0.4) is 0 Å². The molecule has 0 radical (unpaired) electrons. The molecular formula is C24H32ClN. The Hall–Kier alpha value is -1.47. The van der Waals surface area contributed by atoms with Crippen molar-refractivity contribution in [1.29, 1.82) is 0 Å². The lowest BCUT2D eigenvalue weighted by molar-refractivity contribution is 0.556. The average Bonchev–Trinajstić information content (AvgIpc) is 3.00. The molecule has 0 unspecified atom stereocenters. The highest BCUT2D eigenvalue weighted by atomic mass is 35.5. The van der Waals surface area contributed by atoms with Crippen LogP contribution in [0.25, 0.3) is 21.8 Å². The van der Waals surface area contributed by atoms with E-state index in [-0.39, 0.29) is 0 Å². The minimum Gasteiger partial charge on any atom is -0.355 e. The molecule has 2 aromatic carbocycles. The number of H-pyrrole nitrogens is 1. The van der Waals surface area contributed by atoms with Crippen molar-refractivity contribution in [1.82, 2.24) is 4.98 Å². The quantitative estimate of drug-likeness (QED) is 0.326. The van der Waals surface area contributed by atoms with E-state index < -0.39 is 0 Å². The van der Waals surface area contributed by atoms with Gasteiger partial charge in [0.15, 0.2) is 0 Å². The lowest BCUT2D eigenvalue weighted by atomic mass is 10.0. The van der Waals surface area contributed by atoms with Crippen LogP contribution in [0.15, 0.2) is 36.4 Å². The van der Waals surface area contributed by atoms with Crippen LogP contribution in [0.4, 0.5) is 0 Å². The summed E-state index contributed by atoms with van der Waals surface area (Å²) in [4.78, 5) is 3.53. The predicted molar refractivity (Wildman–Crippen MR) is 116 cm³/mol. The average molecular weight is 370 g/mol. The van der Waals surface area contributed by atoms with E-state index in [4.69, 9.17) is 11.6 Å². The van der Waals surface area contributed by atoms with Crippen LogP contribution in [0.2, 0.25) is 5.02 Å². The van der Waals surface area contributed by atoms with Gasteiger partial charge < -0.3 is 4.98 Å². The molecule has 0 saturated heterocycles. The standard InChI is InChI=1S/C24H32ClN/c1-2-3-4-5-6-7-8-9-10-11-12-19-13-15-21-22-18-20(25)14-16-23(22)26-24(21)17-19/h13-18,26H,2-12H2,1H3. The number of hydrogen-bond acceptors (Lipinski definition) is 0. The van der Waals surface area contributed by atoms with E-state index >= 15 is 0 Å². The Morgan fingerprint density at radius 3 is 2.12 bits per heavy atom. The van der Waals surface area contributed by atoms with Gasteiger partial charge in [-0.25, -0.2) is 0 Å². The Morgan fingerprint density at radius 2 is 1.38 bits per heavy atom. The number of benzene rings is 2. The van der Waals surface area contributed by atoms with E-state index in [9.17, 15) is 0 Å². The fourth-order valence-corrected chi connectivity index (χ4v) is 4.07. The first-order chi connectivity index (χ1) is 12.8. The molecule has 0 spiro atoms. The number of rotatable bonds is 11. The number of aromatic nitrogens is 1. The molecule has 140 valence electrons. The molecule has 0 bridgehead atoms. The fraction of sp³-hybridized carbons (Fsp3) is 0.500. The molecule has 3 aromatic rings. The monoisotopic (exact) mass is 369 g/mol. The van der Waals surface area contributed by atoms with Gasteiger partial charge in [-0.05, 0) is 42.7 Å². The zero-order valence-electron chi connectivity index (χ0n) is 16.1. The second-order valence-corrected chi connectivity index (χ2v) is 8.06. The first kappa shape index (κ1) is 19.3. The first-order valence-corrected chi connectivity index (χ1v) is 10.9. The summed E-state index contributed by atoms with van der Waals surface area (Å²) in [5.74, 6) is 0. The minimum absolute atomic E-state index is 0.799. The van der Waals surface area contributed by atoms with Crippen molar-refractivity contribution in [3.63, 3.8) is 0 Å². The Labute approximate surface area is 163 Å². The maximum Gasteiger partial charge on any atom is 0.0467 e. The summed E-state index contributed by atoms with van der Waals surface area (Å²) in [5, 5.41) is 3.29. The van der Waals surface area contributed by atoms with Gasteiger partial charge in [-0.15, -0.1) is 0 Å². The smallest absolute Gasteiger partial charge is 0.0467 e. The number of nitrogens with one attached hydrogen (secondary N) is 1. The van der Waals surface area contributed by atoms with Crippen LogP contribution in [0.1, 0.15) is 76.7 Å². The lowest BCUT2D eigenvalue weighted by Gasteiger charge is -2.03. The second kappa shape index (κ2) is 10.0. The molecule has 0 aliphatic heterocycles. The fourth-order valence-electron chi connectivity index (χ4n) is 3.90. The Kier molecular flexibility index (Phi) is 7.43. The molecule has 0 amide bonds. The van der Waals surface area contributed by atoms with Gasteiger partial charge in [0, 0.05) is 26.8 Å². The van der Waals surface area contributed by atoms with Crippen molar-refractivity contribution >= 4 is 33.4 Å². The molecule has 1 aromatic heterocycles. The van der Waals surface area contributed by atoms with Gasteiger partial charge in [0.2, 0.25) is 0 Å². The number of halogens is 1. The molecule has 1 nitrogen and oxygen atoms in total. The SMILES string of the molecule is CCCCCCCCCCCCc1ccc2c(c1)[nH]c1ccc(Cl)cc12. The van der Waals surface area contributed by atoms with Gasteiger partial charge in [0.1, 0.15) is 0 Å². The molecule has 3 rings (SSSR count). The van der Waals surface area contributed by atoms with Crippen molar-refractivity contribution in [3.8, 4) is 0 Å². The number of aromatic amines is 1. The van der Waals surface area contributed by atoms with Gasteiger partial charge >= 0.3 is 0 Å². The molecule has 2 heteroatoms. The third-order valence-electron chi connectivity index (χ3n) is 5.44. The van der Waals surface area contributed by atoms with Crippen LogP contribution in [0.5, 0.6) is 0 Å². The summed E-state index contributed by atoms with van der Waals surface area (Å²) >= 11 is 6.15. The third kappa shape index (κ3) is 5.27. The number of unbranched alkanes of at least 4 members (excludes halogenated alkanes) is 9. The number of fused-ring (bicyclic) bond motifs is 3. The topological polar surface area (TPSA) is 15.8 Å². The van der Waals surface area contributed by atoms with Crippen molar-refractivity contribution in [2.24, 2.45) is 0 Å². The number of aryl methyl sites for hydroxylation is 1. The van der Waals surface area contributed by atoms with Crippen LogP contribution in [-0.2, 0) is 6.42 Å². The van der Waals surface area contributed by atoms with Crippen LogP contribution < -0.4 is 0 Å². The van der Waals surface area contributed by atoms with E-state index in [1.807, 2.05) is 6.07 Å². The summed E-state index contributed by atoms with van der Waals surface area (Å²) in [6.07, 6.45) is 15.1.